The van der Waals surface area contributed by atoms with E-state index in [0.717, 1.165) is 24.1 Å². The topological polar surface area (TPSA) is 59.1 Å². The molecule has 124 valence electrons. The van der Waals surface area contributed by atoms with Gasteiger partial charge >= 0.3 is 0 Å². The molecule has 0 atom stereocenters. The van der Waals surface area contributed by atoms with Crippen LogP contribution in [0, 0.1) is 0 Å². The van der Waals surface area contributed by atoms with Gasteiger partial charge in [0.25, 0.3) is 10.0 Å². The summed E-state index contributed by atoms with van der Waals surface area (Å²) in [6, 6.07) is 12.4. The molecule has 2 aromatic rings. The smallest absolute Gasteiger partial charge is 0.263 e. The summed E-state index contributed by atoms with van der Waals surface area (Å²) in [7, 11) is -3.62. The summed E-state index contributed by atoms with van der Waals surface area (Å²) in [5.41, 5.74) is 2.02. The van der Waals surface area contributed by atoms with Crippen LogP contribution in [0.15, 0.2) is 47.4 Å². The minimum Gasteiger partial charge on any atom is -0.263 e. The van der Waals surface area contributed by atoms with Crippen LogP contribution in [0.5, 0.6) is 0 Å². The van der Waals surface area contributed by atoms with E-state index in [4.69, 9.17) is 0 Å². The molecule has 0 spiro atoms. The summed E-state index contributed by atoms with van der Waals surface area (Å²) < 4.78 is 27.5. The maximum Gasteiger partial charge on any atom is 0.263 e. The van der Waals surface area contributed by atoms with Crippen LogP contribution < -0.4 is 4.72 Å². The molecule has 5 heteroatoms. The largest absolute Gasteiger partial charge is 0.263 e. The molecule has 1 aromatic heterocycles. The number of benzene rings is 1. The van der Waals surface area contributed by atoms with E-state index in [-0.39, 0.29) is 10.3 Å². The van der Waals surface area contributed by atoms with Crippen LogP contribution in [0.25, 0.3) is 0 Å². The molecule has 0 amide bonds. The standard InChI is InChI=1S/C18H24N2O2S/c1-5-15-8-7-9-17(19-15)20-23(21,22)16-12-10-14(11-13-16)18(3,4)6-2/h7-13H,5-6H2,1-4H3,(H,19,20). The molecule has 1 heterocycles. The Hall–Kier alpha value is -1.88. The lowest BCUT2D eigenvalue weighted by Crippen LogP contribution is -2.17. The molecule has 0 aliphatic carbocycles. The molecule has 0 saturated carbocycles. The van der Waals surface area contributed by atoms with Gasteiger partial charge in [-0.25, -0.2) is 13.4 Å². The number of nitrogens with one attached hydrogen (secondary N) is 1. The predicted molar refractivity (Wildman–Crippen MR) is 94.2 cm³/mol. The average molecular weight is 332 g/mol. The molecule has 2 rings (SSSR count). The second-order valence-corrected chi connectivity index (χ2v) is 7.92. The average Bonchev–Trinajstić information content (AvgIpc) is 2.54. The fourth-order valence-corrected chi connectivity index (χ4v) is 3.22. The molecule has 0 fully saturated rings. The van der Waals surface area contributed by atoms with Crippen molar-refractivity contribution in [3.63, 3.8) is 0 Å². The summed E-state index contributed by atoms with van der Waals surface area (Å²) in [4.78, 5) is 4.53. The van der Waals surface area contributed by atoms with E-state index in [1.165, 1.54) is 0 Å². The third kappa shape index (κ3) is 4.10. The summed E-state index contributed by atoms with van der Waals surface area (Å²) in [5.74, 6) is 0.349. The van der Waals surface area contributed by atoms with Crippen molar-refractivity contribution < 1.29 is 8.42 Å². The molecule has 0 saturated heterocycles. The normalized spacial score (nSPS) is 12.2. The summed E-state index contributed by atoms with van der Waals surface area (Å²) in [5, 5.41) is 0. The van der Waals surface area contributed by atoms with Gasteiger partial charge < -0.3 is 0 Å². The zero-order valence-electron chi connectivity index (χ0n) is 14.1. The fraction of sp³-hybridized carbons (Fsp3) is 0.389. The molecule has 0 aliphatic rings. The molecule has 0 aliphatic heterocycles. The zero-order chi connectivity index (χ0) is 17.1. The quantitative estimate of drug-likeness (QED) is 0.865. The van der Waals surface area contributed by atoms with Gasteiger partial charge in [0.2, 0.25) is 0 Å². The predicted octanol–water partition coefficient (Wildman–Crippen LogP) is 4.13. The van der Waals surface area contributed by atoms with Gasteiger partial charge in [-0.05, 0) is 48.1 Å². The summed E-state index contributed by atoms with van der Waals surface area (Å²) in [6.45, 7) is 8.40. The van der Waals surface area contributed by atoms with E-state index in [9.17, 15) is 8.42 Å². The molecule has 1 aromatic carbocycles. The zero-order valence-corrected chi connectivity index (χ0v) is 14.9. The van der Waals surface area contributed by atoms with E-state index in [1.54, 1.807) is 24.3 Å². The van der Waals surface area contributed by atoms with E-state index >= 15 is 0 Å². The van der Waals surface area contributed by atoms with Crippen LogP contribution >= 0.6 is 0 Å². The number of sulfonamides is 1. The third-order valence-electron chi connectivity index (χ3n) is 4.24. The number of aryl methyl sites for hydroxylation is 1. The first-order valence-electron chi connectivity index (χ1n) is 7.88. The van der Waals surface area contributed by atoms with Crippen LogP contribution in [0.2, 0.25) is 0 Å². The van der Waals surface area contributed by atoms with Crippen molar-refractivity contribution in [3.05, 3.63) is 53.7 Å². The van der Waals surface area contributed by atoms with Crippen molar-refractivity contribution >= 4 is 15.8 Å². The number of anilines is 1. The fourth-order valence-electron chi connectivity index (χ4n) is 2.22. The first kappa shape index (κ1) is 17.5. The van der Waals surface area contributed by atoms with E-state index < -0.39 is 10.0 Å². The minimum absolute atomic E-state index is 0.0345. The van der Waals surface area contributed by atoms with Crippen molar-refractivity contribution in [2.24, 2.45) is 0 Å². The van der Waals surface area contributed by atoms with Crippen LogP contribution in [-0.2, 0) is 21.9 Å². The van der Waals surface area contributed by atoms with Gasteiger partial charge in [0.15, 0.2) is 0 Å². The maximum atomic E-state index is 12.5. The molecule has 0 unspecified atom stereocenters. The van der Waals surface area contributed by atoms with Crippen LogP contribution in [0.1, 0.15) is 45.4 Å². The maximum absolute atomic E-state index is 12.5. The van der Waals surface area contributed by atoms with Crippen LogP contribution in [0.3, 0.4) is 0 Å². The highest BCUT2D eigenvalue weighted by Crippen LogP contribution is 2.27. The second kappa shape index (κ2) is 6.71. The SMILES string of the molecule is CCc1cccc(NS(=O)(=O)c2ccc(C(C)(C)CC)cc2)n1. The van der Waals surface area contributed by atoms with Crippen molar-refractivity contribution in [3.8, 4) is 0 Å². The highest BCUT2D eigenvalue weighted by molar-refractivity contribution is 7.92. The molecule has 1 N–H and O–H groups in total. The van der Waals surface area contributed by atoms with Gasteiger partial charge in [-0.15, -0.1) is 0 Å². The van der Waals surface area contributed by atoms with E-state index in [2.05, 4.69) is 30.5 Å². The number of rotatable bonds is 6. The lowest BCUT2D eigenvalue weighted by atomic mass is 9.82. The van der Waals surface area contributed by atoms with E-state index in [0.29, 0.717) is 5.82 Å². The molecule has 0 bridgehead atoms. The Labute approximate surface area is 139 Å². The highest BCUT2D eigenvalue weighted by Gasteiger charge is 2.20. The van der Waals surface area contributed by atoms with Crippen LogP contribution in [-0.4, -0.2) is 13.4 Å². The van der Waals surface area contributed by atoms with Crippen molar-refractivity contribution in [1.82, 2.24) is 4.98 Å². The van der Waals surface area contributed by atoms with Gasteiger partial charge in [-0.2, -0.15) is 0 Å². The van der Waals surface area contributed by atoms with Gasteiger partial charge in [0.05, 0.1) is 4.90 Å². The number of hydrogen-bond acceptors (Lipinski definition) is 3. The molecule has 23 heavy (non-hydrogen) atoms. The van der Waals surface area contributed by atoms with Crippen LogP contribution in [0.4, 0.5) is 5.82 Å². The Kier molecular flexibility index (Phi) is 5.09. The Morgan fingerprint density at radius 2 is 1.70 bits per heavy atom. The number of hydrogen-bond donors (Lipinski definition) is 1. The van der Waals surface area contributed by atoms with Gasteiger partial charge in [-0.1, -0.05) is 45.9 Å². The monoisotopic (exact) mass is 332 g/mol. The molecule has 4 nitrogen and oxygen atoms in total. The minimum atomic E-state index is -3.62. The summed E-state index contributed by atoms with van der Waals surface area (Å²) in [6.07, 6.45) is 1.75. The second-order valence-electron chi connectivity index (χ2n) is 6.24. The first-order valence-corrected chi connectivity index (χ1v) is 9.36. The highest BCUT2D eigenvalue weighted by atomic mass is 32.2. The summed E-state index contributed by atoms with van der Waals surface area (Å²) >= 11 is 0. The lowest BCUT2D eigenvalue weighted by Gasteiger charge is -2.23. The van der Waals surface area contributed by atoms with Gasteiger partial charge in [0.1, 0.15) is 5.82 Å². The number of pyridine rings is 1. The Morgan fingerprint density at radius 3 is 2.26 bits per heavy atom. The van der Waals surface area contributed by atoms with Crippen molar-refractivity contribution in [2.45, 2.75) is 50.8 Å². The molecule has 0 radical (unpaired) electrons. The van der Waals surface area contributed by atoms with Gasteiger partial charge in [0, 0.05) is 5.69 Å². The van der Waals surface area contributed by atoms with Crippen molar-refractivity contribution in [1.29, 1.82) is 0 Å². The third-order valence-corrected chi connectivity index (χ3v) is 5.61. The Balaban J connectivity index is 2.26. The molecular weight excluding hydrogens is 308 g/mol. The molecular formula is C18H24N2O2S. The number of nitrogens with zero attached hydrogens (tertiary/aromatic N) is 1. The van der Waals surface area contributed by atoms with E-state index in [1.807, 2.05) is 25.1 Å². The van der Waals surface area contributed by atoms with Gasteiger partial charge in [-0.3, -0.25) is 4.72 Å². The Morgan fingerprint density at radius 1 is 1.04 bits per heavy atom. The Bertz CT molecular complexity index is 766. The van der Waals surface area contributed by atoms with Crippen molar-refractivity contribution in [2.75, 3.05) is 4.72 Å². The first-order chi connectivity index (χ1) is 10.8. The number of aromatic nitrogens is 1. The lowest BCUT2D eigenvalue weighted by molar-refractivity contribution is 0.506.